The minimum absolute atomic E-state index is 0. The van der Waals surface area contributed by atoms with E-state index < -0.39 is 14.9 Å². The minimum atomic E-state index is -3.84. The quantitative estimate of drug-likeness (QED) is 0.113. The number of nitrogens with zero attached hydrogens (tertiary/aromatic N) is 2. The molecule has 0 atom stereocenters. The zero-order valence-corrected chi connectivity index (χ0v) is 19.0. The van der Waals surface area contributed by atoms with Crippen LogP contribution in [0.25, 0.3) is 0 Å². The first kappa shape index (κ1) is 24.8. The van der Waals surface area contributed by atoms with Gasteiger partial charge in [0.2, 0.25) is 10.0 Å². The maximum atomic E-state index is 12.3. The molecule has 0 heterocycles. The lowest BCUT2D eigenvalue weighted by Crippen LogP contribution is -2.41. The summed E-state index contributed by atoms with van der Waals surface area (Å²) in [5.41, 5.74) is 0.787. The molecule has 0 bridgehead atoms. The maximum Gasteiger partial charge on any atom is 0.270 e. The van der Waals surface area contributed by atoms with Crippen LogP contribution in [0.15, 0.2) is 64.5 Å². The van der Waals surface area contributed by atoms with E-state index in [1.165, 1.54) is 18.2 Å². The number of non-ortho nitro benzene ring substituents is 1. The third-order valence-corrected chi connectivity index (χ3v) is 5.11. The van der Waals surface area contributed by atoms with Crippen molar-refractivity contribution in [2.24, 2.45) is 4.99 Å². The number of halogens is 1. The number of nitrogens with one attached hydrogen (secondary N) is 3. The molecule has 0 aliphatic carbocycles. The van der Waals surface area contributed by atoms with Gasteiger partial charge in [-0.15, -0.1) is 24.0 Å². The predicted molar refractivity (Wildman–Crippen MR) is 123 cm³/mol. The topological polar surface area (TPSA) is 126 Å². The molecule has 0 unspecified atom stereocenters. The Morgan fingerprint density at radius 1 is 1.07 bits per heavy atom. The van der Waals surface area contributed by atoms with Gasteiger partial charge in [0.05, 0.1) is 16.4 Å². The van der Waals surface area contributed by atoms with Crippen molar-refractivity contribution in [3.8, 4) is 0 Å². The number of sulfonamides is 1. The molecule has 0 saturated carbocycles. The van der Waals surface area contributed by atoms with Gasteiger partial charge in [0.1, 0.15) is 0 Å². The molecule has 0 radical (unpaired) electrons. The lowest BCUT2D eigenvalue weighted by atomic mass is 10.2. The van der Waals surface area contributed by atoms with Crippen LogP contribution in [0.5, 0.6) is 0 Å². The van der Waals surface area contributed by atoms with Crippen molar-refractivity contribution in [2.75, 3.05) is 19.6 Å². The SMILES string of the molecule is CCNC(=NCc1ccccc1)NCCNS(=O)(=O)c1cccc([N+](=O)[O-])c1.I. The average molecular weight is 533 g/mol. The number of nitro benzene ring substituents is 1. The van der Waals surface area contributed by atoms with Crippen molar-refractivity contribution in [2.45, 2.75) is 18.4 Å². The molecule has 0 saturated heterocycles. The monoisotopic (exact) mass is 533 g/mol. The maximum absolute atomic E-state index is 12.3. The molecular weight excluding hydrogens is 509 g/mol. The van der Waals surface area contributed by atoms with Crippen LogP contribution in [0.1, 0.15) is 12.5 Å². The molecule has 0 aromatic heterocycles. The molecule has 158 valence electrons. The number of nitro groups is 1. The van der Waals surface area contributed by atoms with Crippen LogP contribution in [-0.4, -0.2) is 38.9 Å². The number of rotatable bonds is 9. The van der Waals surface area contributed by atoms with Crippen molar-refractivity contribution in [1.29, 1.82) is 0 Å². The molecule has 0 aliphatic heterocycles. The third-order valence-electron chi connectivity index (χ3n) is 3.66. The van der Waals surface area contributed by atoms with Crippen molar-refractivity contribution >= 4 is 45.6 Å². The highest BCUT2D eigenvalue weighted by Gasteiger charge is 2.17. The summed E-state index contributed by atoms with van der Waals surface area (Å²) in [5, 5.41) is 16.9. The second-order valence-corrected chi connectivity index (χ2v) is 7.53. The van der Waals surface area contributed by atoms with E-state index in [-0.39, 0.29) is 41.1 Å². The van der Waals surface area contributed by atoms with Crippen LogP contribution in [-0.2, 0) is 16.6 Å². The molecule has 0 fully saturated rings. The Morgan fingerprint density at radius 3 is 2.45 bits per heavy atom. The molecule has 0 aliphatic rings. The minimum Gasteiger partial charge on any atom is -0.357 e. The van der Waals surface area contributed by atoms with E-state index in [1.54, 1.807) is 0 Å². The summed E-state index contributed by atoms with van der Waals surface area (Å²) in [6.45, 7) is 3.50. The van der Waals surface area contributed by atoms with E-state index in [2.05, 4.69) is 20.3 Å². The van der Waals surface area contributed by atoms with Crippen LogP contribution in [0.4, 0.5) is 5.69 Å². The van der Waals surface area contributed by atoms with E-state index in [0.29, 0.717) is 25.6 Å². The summed E-state index contributed by atoms with van der Waals surface area (Å²) in [7, 11) is -3.84. The molecule has 3 N–H and O–H groups in total. The first-order valence-corrected chi connectivity index (χ1v) is 10.2. The lowest BCUT2D eigenvalue weighted by Gasteiger charge is -2.12. The smallest absolute Gasteiger partial charge is 0.270 e. The van der Waals surface area contributed by atoms with E-state index in [9.17, 15) is 18.5 Å². The highest BCUT2D eigenvalue weighted by Crippen LogP contribution is 2.16. The van der Waals surface area contributed by atoms with Crippen molar-refractivity contribution in [3.63, 3.8) is 0 Å². The summed E-state index contributed by atoms with van der Waals surface area (Å²) in [6.07, 6.45) is 0. The predicted octanol–water partition coefficient (Wildman–Crippen LogP) is 2.25. The average Bonchev–Trinajstić information content (AvgIpc) is 2.70. The van der Waals surface area contributed by atoms with Gasteiger partial charge < -0.3 is 10.6 Å². The fraction of sp³-hybridized carbons (Fsp3) is 0.278. The Balaban J connectivity index is 0.00000420. The molecule has 0 spiro atoms. The zero-order valence-electron chi connectivity index (χ0n) is 15.9. The Morgan fingerprint density at radius 2 is 1.79 bits per heavy atom. The van der Waals surface area contributed by atoms with E-state index >= 15 is 0 Å². The number of benzene rings is 2. The largest absolute Gasteiger partial charge is 0.357 e. The zero-order chi connectivity index (χ0) is 20.4. The van der Waals surface area contributed by atoms with Crippen molar-refractivity contribution < 1.29 is 13.3 Å². The highest BCUT2D eigenvalue weighted by atomic mass is 127. The van der Waals surface area contributed by atoms with Gasteiger partial charge in [-0.1, -0.05) is 36.4 Å². The van der Waals surface area contributed by atoms with Crippen LogP contribution >= 0.6 is 24.0 Å². The molecule has 2 rings (SSSR count). The number of guanidine groups is 1. The first-order chi connectivity index (χ1) is 13.4. The molecule has 0 amide bonds. The Hall–Kier alpha value is -2.25. The molecule has 11 heteroatoms. The standard InChI is InChI=1S/C18H23N5O4S.HI/c1-2-19-18(21-14-15-7-4-3-5-8-15)20-11-12-22-28(26,27)17-10-6-9-16(13-17)23(24)25;/h3-10,13,22H,2,11-12,14H2,1H3,(H2,19,20,21);1H. The van der Waals surface area contributed by atoms with Gasteiger partial charge in [0.15, 0.2) is 5.96 Å². The summed E-state index contributed by atoms with van der Waals surface area (Å²) in [6, 6.07) is 14.7. The second-order valence-electron chi connectivity index (χ2n) is 5.76. The third kappa shape index (κ3) is 8.33. The van der Waals surface area contributed by atoms with Crippen molar-refractivity contribution in [3.05, 3.63) is 70.3 Å². The van der Waals surface area contributed by atoms with Gasteiger partial charge in [0.25, 0.3) is 5.69 Å². The number of aliphatic imine (C=N–C) groups is 1. The lowest BCUT2D eigenvalue weighted by molar-refractivity contribution is -0.385. The summed E-state index contributed by atoms with van der Waals surface area (Å²) in [5.74, 6) is 0.570. The van der Waals surface area contributed by atoms with Crippen LogP contribution in [0, 0.1) is 10.1 Å². The van der Waals surface area contributed by atoms with Gasteiger partial charge >= 0.3 is 0 Å². The molecule has 2 aromatic carbocycles. The summed E-state index contributed by atoms with van der Waals surface area (Å²) in [4.78, 5) is 14.5. The van der Waals surface area contributed by atoms with E-state index in [0.717, 1.165) is 11.6 Å². The van der Waals surface area contributed by atoms with E-state index in [4.69, 9.17) is 0 Å². The second kappa shape index (κ2) is 12.3. The van der Waals surface area contributed by atoms with Gasteiger partial charge in [-0.3, -0.25) is 10.1 Å². The molecule has 29 heavy (non-hydrogen) atoms. The Labute approximate surface area is 187 Å². The molecule has 9 nitrogen and oxygen atoms in total. The Bertz CT molecular complexity index is 923. The summed E-state index contributed by atoms with van der Waals surface area (Å²) < 4.78 is 27.0. The fourth-order valence-electron chi connectivity index (χ4n) is 2.31. The van der Waals surface area contributed by atoms with Crippen LogP contribution in [0.2, 0.25) is 0 Å². The molecular formula is C18H24IN5O4S. The highest BCUT2D eigenvalue weighted by molar-refractivity contribution is 14.0. The molecule has 2 aromatic rings. The van der Waals surface area contributed by atoms with E-state index in [1.807, 2.05) is 37.3 Å². The Kier molecular flexibility index (Phi) is 10.5. The number of hydrogen-bond donors (Lipinski definition) is 3. The van der Waals surface area contributed by atoms with Gasteiger partial charge in [-0.25, -0.2) is 18.1 Å². The van der Waals surface area contributed by atoms with Crippen molar-refractivity contribution in [1.82, 2.24) is 15.4 Å². The summed E-state index contributed by atoms with van der Waals surface area (Å²) >= 11 is 0. The van der Waals surface area contributed by atoms with Gasteiger partial charge in [-0.2, -0.15) is 0 Å². The van der Waals surface area contributed by atoms with Crippen LogP contribution in [0.3, 0.4) is 0 Å². The van der Waals surface area contributed by atoms with Crippen LogP contribution < -0.4 is 15.4 Å². The fourth-order valence-corrected chi connectivity index (χ4v) is 3.38. The first-order valence-electron chi connectivity index (χ1n) is 8.72. The van der Waals surface area contributed by atoms with Gasteiger partial charge in [-0.05, 0) is 18.6 Å². The number of hydrogen-bond acceptors (Lipinski definition) is 5. The normalized spacial score (nSPS) is 11.4. The van der Waals surface area contributed by atoms with Gasteiger partial charge in [0, 0.05) is 31.8 Å².